The highest BCUT2D eigenvalue weighted by Crippen LogP contribution is 2.30. The van der Waals surface area contributed by atoms with Gasteiger partial charge in [-0.1, -0.05) is 24.3 Å². The number of nitrogens with zero attached hydrogens (tertiary/aromatic N) is 2. The fraction of sp³-hybridized carbons (Fsp3) is 0.0556. The van der Waals surface area contributed by atoms with Crippen LogP contribution >= 0.6 is 11.3 Å². The van der Waals surface area contributed by atoms with Gasteiger partial charge >= 0.3 is 0 Å². The van der Waals surface area contributed by atoms with E-state index in [1.165, 1.54) is 11.3 Å². The summed E-state index contributed by atoms with van der Waals surface area (Å²) in [5.74, 6) is -1.67. The largest absolute Gasteiger partial charge is 0.501 e. The minimum Gasteiger partial charge on any atom is -0.501 e. The van der Waals surface area contributed by atoms with E-state index in [1.807, 2.05) is 41.9 Å². The fourth-order valence-corrected chi connectivity index (χ4v) is 3.31. The van der Waals surface area contributed by atoms with Crippen molar-refractivity contribution in [2.75, 3.05) is 0 Å². The first kappa shape index (κ1) is 16.1. The third-order valence-electron chi connectivity index (χ3n) is 3.94. The van der Waals surface area contributed by atoms with Gasteiger partial charge in [-0.05, 0) is 23.1 Å². The molecular formula is C18H14N4O3S. The van der Waals surface area contributed by atoms with E-state index in [-0.39, 0.29) is 18.1 Å². The molecule has 0 aliphatic heterocycles. The average molecular weight is 366 g/mol. The maximum Gasteiger partial charge on any atom is 0.274 e. The van der Waals surface area contributed by atoms with Crippen LogP contribution < -0.4 is 5.32 Å². The molecule has 0 aliphatic carbocycles. The van der Waals surface area contributed by atoms with Crippen molar-refractivity contribution in [2.45, 2.75) is 6.54 Å². The molecule has 0 saturated carbocycles. The van der Waals surface area contributed by atoms with Gasteiger partial charge < -0.3 is 20.5 Å². The maximum atomic E-state index is 12.5. The minimum absolute atomic E-state index is 0.188. The number of aromatic amines is 1. The van der Waals surface area contributed by atoms with Crippen LogP contribution in [0, 0.1) is 0 Å². The Bertz CT molecular complexity index is 1090. The molecular weight excluding hydrogens is 352 g/mol. The molecule has 0 spiro atoms. The lowest BCUT2D eigenvalue weighted by molar-refractivity contribution is 0.0942. The number of hydrogen-bond donors (Lipinski definition) is 4. The topological polar surface area (TPSA) is 111 Å². The van der Waals surface area contributed by atoms with E-state index in [0.29, 0.717) is 4.88 Å². The molecule has 4 N–H and O–H groups in total. The number of benzene rings is 1. The first-order chi connectivity index (χ1) is 12.6. The number of H-pyrrole nitrogens is 1. The van der Waals surface area contributed by atoms with Crippen molar-refractivity contribution in [3.8, 4) is 22.3 Å². The Morgan fingerprint density at radius 2 is 2.00 bits per heavy atom. The number of thiophene rings is 1. The molecule has 3 aromatic heterocycles. The van der Waals surface area contributed by atoms with Crippen molar-refractivity contribution in [3.05, 3.63) is 59.2 Å². The minimum atomic E-state index is -0.637. The fourth-order valence-electron chi connectivity index (χ4n) is 2.65. The van der Waals surface area contributed by atoms with Gasteiger partial charge in [0.05, 0.1) is 4.88 Å². The summed E-state index contributed by atoms with van der Waals surface area (Å²) >= 11 is 1.37. The molecule has 8 heteroatoms. The van der Waals surface area contributed by atoms with Gasteiger partial charge in [-0.2, -0.15) is 4.98 Å². The summed E-state index contributed by atoms with van der Waals surface area (Å²) < 4.78 is 0. The molecule has 1 amide bonds. The van der Waals surface area contributed by atoms with Gasteiger partial charge in [0.25, 0.3) is 11.8 Å². The van der Waals surface area contributed by atoms with Gasteiger partial charge in [-0.25, -0.2) is 4.98 Å². The van der Waals surface area contributed by atoms with Gasteiger partial charge in [0, 0.05) is 23.6 Å². The van der Waals surface area contributed by atoms with Crippen molar-refractivity contribution in [1.29, 1.82) is 0 Å². The number of amides is 1. The predicted octanol–water partition coefficient (Wildman–Crippen LogP) is 3.03. The number of fused-ring (bicyclic) bond motifs is 1. The van der Waals surface area contributed by atoms with E-state index in [0.717, 1.165) is 16.5 Å². The summed E-state index contributed by atoms with van der Waals surface area (Å²) in [6.07, 6.45) is 1.82. The zero-order valence-corrected chi connectivity index (χ0v) is 14.2. The molecule has 0 saturated heterocycles. The van der Waals surface area contributed by atoms with Crippen LogP contribution in [0.3, 0.4) is 0 Å². The number of carbonyl (C=O) groups is 1. The normalized spacial score (nSPS) is 10.9. The Hall–Kier alpha value is -3.39. The number of rotatable bonds is 4. The number of nitrogens with one attached hydrogen (secondary N) is 2. The number of hydrogen-bond acceptors (Lipinski definition) is 6. The van der Waals surface area contributed by atoms with E-state index in [4.69, 9.17) is 0 Å². The predicted molar refractivity (Wildman–Crippen MR) is 98.1 cm³/mol. The second kappa shape index (κ2) is 6.49. The summed E-state index contributed by atoms with van der Waals surface area (Å²) in [6, 6.07) is 11.3. The molecule has 130 valence electrons. The zero-order valence-electron chi connectivity index (χ0n) is 13.4. The van der Waals surface area contributed by atoms with Crippen molar-refractivity contribution < 1.29 is 15.0 Å². The lowest BCUT2D eigenvalue weighted by Gasteiger charge is -2.08. The Morgan fingerprint density at radius 1 is 1.15 bits per heavy atom. The van der Waals surface area contributed by atoms with Gasteiger partial charge in [-0.15, -0.1) is 11.3 Å². The third-order valence-corrected chi connectivity index (χ3v) is 4.80. The molecule has 0 unspecified atom stereocenters. The van der Waals surface area contributed by atoms with Crippen molar-refractivity contribution in [1.82, 2.24) is 20.3 Å². The van der Waals surface area contributed by atoms with Gasteiger partial charge in [0.15, 0.2) is 11.5 Å². The lowest BCUT2D eigenvalue weighted by atomic mass is 10.2. The van der Waals surface area contributed by atoms with Gasteiger partial charge in [-0.3, -0.25) is 4.79 Å². The SMILES string of the molecule is O=C(NCc1c[nH]c2ccccc12)c1nc(-c2cccs2)nc(O)c1O. The summed E-state index contributed by atoms with van der Waals surface area (Å²) in [5.41, 5.74) is 1.62. The number of aromatic nitrogens is 3. The zero-order chi connectivity index (χ0) is 18.1. The number of para-hydroxylation sites is 1. The number of aromatic hydroxyl groups is 2. The monoisotopic (exact) mass is 366 g/mol. The third kappa shape index (κ3) is 2.86. The molecule has 0 fully saturated rings. The maximum absolute atomic E-state index is 12.5. The second-order valence-corrected chi connectivity index (χ2v) is 6.54. The van der Waals surface area contributed by atoms with Crippen molar-refractivity contribution >= 4 is 28.1 Å². The Labute approximate surface area is 152 Å². The quantitative estimate of drug-likeness (QED) is 0.444. The summed E-state index contributed by atoms with van der Waals surface area (Å²) in [5, 5.41) is 25.4. The summed E-state index contributed by atoms with van der Waals surface area (Å²) in [6.45, 7) is 0.251. The molecule has 4 rings (SSSR count). The van der Waals surface area contributed by atoms with Crippen LogP contribution in [0.15, 0.2) is 48.0 Å². The van der Waals surface area contributed by atoms with E-state index >= 15 is 0 Å². The second-order valence-electron chi connectivity index (χ2n) is 5.59. The van der Waals surface area contributed by atoms with Gasteiger partial charge in [0.2, 0.25) is 5.75 Å². The Balaban J connectivity index is 1.60. The van der Waals surface area contributed by atoms with Crippen LogP contribution in [-0.2, 0) is 6.54 Å². The number of carbonyl (C=O) groups excluding carboxylic acids is 1. The molecule has 26 heavy (non-hydrogen) atoms. The van der Waals surface area contributed by atoms with Crippen molar-refractivity contribution in [2.24, 2.45) is 0 Å². The van der Waals surface area contributed by atoms with Crippen LogP contribution in [-0.4, -0.2) is 31.1 Å². The smallest absolute Gasteiger partial charge is 0.274 e. The molecule has 0 radical (unpaired) electrons. The lowest BCUT2D eigenvalue weighted by Crippen LogP contribution is -2.24. The Morgan fingerprint density at radius 3 is 2.81 bits per heavy atom. The molecule has 3 heterocycles. The first-order valence-electron chi connectivity index (χ1n) is 7.80. The summed E-state index contributed by atoms with van der Waals surface area (Å²) in [7, 11) is 0. The Kier molecular flexibility index (Phi) is 4.02. The highest BCUT2D eigenvalue weighted by molar-refractivity contribution is 7.13. The van der Waals surface area contributed by atoms with E-state index < -0.39 is 17.5 Å². The van der Waals surface area contributed by atoms with E-state index in [9.17, 15) is 15.0 Å². The first-order valence-corrected chi connectivity index (χ1v) is 8.68. The molecule has 0 aliphatic rings. The summed E-state index contributed by atoms with van der Waals surface area (Å²) in [4.78, 5) is 24.2. The van der Waals surface area contributed by atoms with Crippen LogP contribution in [0.1, 0.15) is 16.1 Å². The highest BCUT2D eigenvalue weighted by Gasteiger charge is 2.20. The van der Waals surface area contributed by atoms with E-state index in [2.05, 4.69) is 20.3 Å². The van der Waals surface area contributed by atoms with E-state index in [1.54, 1.807) is 6.07 Å². The molecule has 4 aromatic rings. The van der Waals surface area contributed by atoms with Crippen molar-refractivity contribution in [3.63, 3.8) is 0 Å². The highest BCUT2D eigenvalue weighted by atomic mass is 32.1. The molecule has 7 nitrogen and oxygen atoms in total. The molecule has 0 bridgehead atoms. The van der Waals surface area contributed by atoms with Crippen LogP contribution in [0.25, 0.3) is 21.6 Å². The average Bonchev–Trinajstić information content (AvgIpc) is 3.32. The van der Waals surface area contributed by atoms with Crippen LogP contribution in [0.5, 0.6) is 11.6 Å². The molecule has 1 aromatic carbocycles. The van der Waals surface area contributed by atoms with Gasteiger partial charge in [0.1, 0.15) is 0 Å². The molecule has 0 atom stereocenters. The standard InChI is InChI=1S/C18H14N4O3S/c23-15-14(21-16(22-18(15)25)13-6-3-7-26-13)17(24)20-9-10-8-19-12-5-2-1-4-11(10)12/h1-8,19,23H,9H2,(H,20,24)(H,21,22,25). The van der Waals surface area contributed by atoms with Crippen LogP contribution in [0.2, 0.25) is 0 Å². The van der Waals surface area contributed by atoms with Crippen LogP contribution in [0.4, 0.5) is 0 Å².